The highest BCUT2D eigenvalue weighted by molar-refractivity contribution is 7.96. The summed E-state index contributed by atoms with van der Waals surface area (Å²) in [6.07, 6.45) is 1.17. The molecule has 24 heavy (non-hydrogen) atoms. The maximum Gasteiger partial charge on any atom is 0.260 e. The van der Waals surface area contributed by atoms with E-state index >= 15 is 0 Å². The number of nitrogens with two attached hydrogens (primary N) is 1. The molecule has 0 aromatic heterocycles. The summed E-state index contributed by atoms with van der Waals surface area (Å²) in [6, 6.07) is 12.5. The molecule has 0 saturated heterocycles. The van der Waals surface area contributed by atoms with Gasteiger partial charge in [-0.1, -0.05) is 24.3 Å². The molecule has 7 heteroatoms. The summed E-state index contributed by atoms with van der Waals surface area (Å²) in [4.78, 5) is 11.2. The van der Waals surface area contributed by atoms with E-state index < -0.39 is 20.6 Å². The Hall–Kier alpha value is -2.80. The van der Waals surface area contributed by atoms with Crippen molar-refractivity contribution in [2.24, 2.45) is 5.73 Å². The molecule has 0 aliphatic carbocycles. The first-order chi connectivity index (χ1) is 11.4. The van der Waals surface area contributed by atoms with E-state index in [9.17, 15) is 13.2 Å². The molecule has 0 atom stereocenters. The molecular weight excluding hydrogens is 330 g/mol. The van der Waals surface area contributed by atoms with Gasteiger partial charge in [-0.2, -0.15) is 0 Å². The van der Waals surface area contributed by atoms with Gasteiger partial charge >= 0.3 is 0 Å². The lowest BCUT2D eigenvalue weighted by Gasteiger charge is -2.12. The molecule has 0 fully saturated rings. The van der Waals surface area contributed by atoms with E-state index in [2.05, 4.69) is 0 Å². The lowest BCUT2D eigenvalue weighted by molar-refractivity contribution is -0.113. The SMILES string of the molecule is COc1cccc(OC)c1C=C(C(N)=O)S(=O)(=O)c1ccccc1. The number of amides is 1. The highest BCUT2D eigenvalue weighted by Crippen LogP contribution is 2.32. The Kier molecular flexibility index (Phi) is 5.25. The molecule has 6 nitrogen and oxygen atoms in total. The zero-order valence-corrected chi connectivity index (χ0v) is 14.0. The number of rotatable bonds is 6. The van der Waals surface area contributed by atoms with Gasteiger partial charge in [0.2, 0.25) is 9.84 Å². The smallest absolute Gasteiger partial charge is 0.260 e. The summed E-state index contributed by atoms with van der Waals surface area (Å²) in [5, 5.41) is 0. The van der Waals surface area contributed by atoms with Gasteiger partial charge in [0, 0.05) is 0 Å². The minimum atomic E-state index is -4.07. The Morgan fingerprint density at radius 2 is 1.50 bits per heavy atom. The summed E-state index contributed by atoms with van der Waals surface area (Å²) in [7, 11) is -1.21. The van der Waals surface area contributed by atoms with E-state index in [1.807, 2.05) is 0 Å². The number of methoxy groups -OCH3 is 2. The molecule has 1 amide bonds. The first kappa shape index (κ1) is 17.6. The second kappa shape index (κ2) is 7.18. The Morgan fingerprint density at radius 1 is 0.958 bits per heavy atom. The van der Waals surface area contributed by atoms with Crippen LogP contribution in [0.15, 0.2) is 58.3 Å². The summed E-state index contributed by atoms with van der Waals surface area (Å²) in [6.45, 7) is 0. The van der Waals surface area contributed by atoms with E-state index in [0.29, 0.717) is 17.1 Å². The first-order valence-electron chi connectivity index (χ1n) is 6.94. The fourth-order valence-electron chi connectivity index (χ4n) is 2.16. The lowest BCUT2D eigenvalue weighted by Crippen LogP contribution is -2.21. The minimum Gasteiger partial charge on any atom is -0.496 e. The number of primary amides is 1. The third-order valence-electron chi connectivity index (χ3n) is 3.33. The zero-order chi connectivity index (χ0) is 17.7. The van der Waals surface area contributed by atoms with Crippen molar-refractivity contribution in [1.82, 2.24) is 0 Å². The summed E-state index contributed by atoms with van der Waals surface area (Å²) >= 11 is 0. The number of benzene rings is 2. The first-order valence-corrected chi connectivity index (χ1v) is 8.42. The van der Waals surface area contributed by atoms with E-state index in [0.717, 1.165) is 0 Å². The lowest BCUT2D eigenvalue weighted by atomic mass is 10.1. The van der Waals surface area contributed by atoms with Crippen molar-refractivity contribution in [1.29, 1.82) is 0 Å². The van der Waals surface area contributed by atoms with Crippen molar-refractivity contribution in [3.05, 3.63) is 59.0 Å². The predicted molar refractivity (Wildman–Crippen MR) is 90.3 cm³/mol. The number of hydrogen-bond donors (Lipinski definition) is 1. The van der Waals surface area contributed by atoms with Crippen LogP contribution in [0.5, 0.6) is 11.5 Å². The standard InChI is InChI=1S/C17H17NO5S/c1-22-14-9-6-10-15(23-2)13(14)11-16(17(18)19)24(20,21)12-7-4-3-5-8-12/h3-11H,1-2H3,(H2,18,19). The minimum absolute atomic E-state index is 0.0242. The largest absolute Gasteiger partial charge is 0.496 e. The van der Waals surface area contributed by atoms with Crippen LogP contribution in [0.1, 0.15) is 5.56 Å². The van der Waals surface area contributed by atoms with Gasteiger partial charge in [-0.15, -0.1) is 0 Å². The second-order valence-electron chi connectivity index (χ2n) is 4.77. The summed E-state index contributed by atoms with van der Waals surface area (Å²) in [5.74, 6) is -0.348. The topological polar surface area (TPSA) is 95.7 Å². The van der Waals surface area contributed by atoms with E-state index in [1.54, 1.807) is 36.4 Å². The van der Waals surface area contributed by atoms with Crippen LogP contribution in [-0.2, 0) is 14.6 Å². The number of ether oxygens (including phenoxy) is 2. The number of carbonyl (C=O) groups excluding carboxylic acids is 1. The van der Waals surface area contributed by atoms with Crippen molar-refractivity contribution < 1.29 is 22.7 Å². The van der Waals surface area contributed by atoms with Crippen molar-refractivity contribution in [2.75, 3.05) is 14.2 Å². The molecule has 0 aliphatic heterocycles. The van der Waals surface area contributed by atoms with Crippen LogP contribution in [0.2, 0.25) is 0 Å². The molecule has 126 valence electrons. The maximum absolute atomic E-state index is 12.7. The second-order valence-corrected chi connectivity index (χ2v) is 6.68. The number of hydrogen-bond acceptors (Lipinski definition) is 5. The average Bonchev–Trinajstić information content (AvgIpc) is 2.59. The Morgan fingerprint density at radius 3 is 1.96 bits per heavy atom. The Balaban J connectivity index is 2.70. The molecular formula is C17H17NO5S. The third-order valence-corrected chi connectivity index (χ3v) is 5.12. The highest BCUT2D eigenvalue weighted by atomic mass is 32.2. The van der Waals surface area contributed by atoms with Crippen LogP contribution in [0, 0.1) is 0 Å². The van der Waals surface area contributed by atoms with Crippen LogP contribution in [0.4, 0.5) is 0 Å². The predicted octanol–water partition coefficient (Wildman–Crippen LogP) is 2.00. The van der Waals surface area contributed by atoms with Gasteiger partial charge in [0.1, 0.15) is 16.4 Å². The van der Waals surface area contributed by atoms with Crippen LogP contribution >= 0.6 is 0 Å². The van der Waals surface area contributed by atoms with Crippen molar-refractivity contribution in [3.8, 4) is 11.5 Å². The molecule has 2 rings (SSSR count). The highest BCUT2D eigenvalue weighted by Gasteiger charge is 2.26. The molecule has 0 aliphatic rings. The van der Waals surface area contributed by atoms with Gasteiger partial charge < -0.3 is 15.2 Å². The normalized spacial score (nSPS) is 11.8. The monoisotopic (exact) mass is 347 g/mol. The Bertz CT molecular complexity index is 851. The molecule has 0 heterocycles. The van der Waals surface area contributed by atoms with Crippen LogP contribution < -0.4 is 15.2 Å². The van der Waals surface area contributed by atoms with Crippen LogP contribution in [-0.4, -0.2) is 28.5 Å². The van der Waals surface area contributed by atoms with Gasteiger partial charge in [-0.25, -0.2) is 8.42 Å². The van der Waals surface area contributed by atoms with Gasteiger partial charge in [0.25, 0.3) is 5.91 Å². The molecule has 0 bridgehead atoms. The molecule has 2 aromatic rings. The van der Waals surface area contributed by atoms with Crippen molar-refractivity contribution >= 4 is 21.8 Å². The maximum atomic E-state index is 12.7. The van der Waals surface area contributed by atoms with Crippen LogP contribution in [0.25, 0.3) is 6.08 Å². The van der Waals surface area contributed by atoms with E-state index in [4.69, 9.17) is 15.2 Å². The molecule has 0 spiro atoms. The van der Waals surface area contributed by atoms with Gasteiger partial charge in [-0.05, 0) is 30.3 Å². The van der Waals surface area contributed by atoms with Gasteiger partial charge in [-0.3, -0.25) is 4.79 Å². The van der Waals surface area contributed by atoms with Gasteiger partial charge in [0.05, 0.1) is 24.7 Å². The number of sulfone groups is 1. The van der Waals surface area contributed by atoms with Crippen molar-refractivity contribution in [3.63, 3.8) is 0 Å². The summed E-state index contributed by atoms with van der Waals surface area (Å²) in [5.41, 5.74) is 5.64. The number of carbonyl (C=O) groups is 1. The van der Waals surface area contributed by atoms with Crippen LogP contribution in [0.3, 0.4) is 0 Å². The molecule has 0 unspecified atom stereocenters. The fraction of sp³-hybridized carbons (Fsp3) is 0.118. The molecule has 2 aromatic carbocycles. The average molecular weight is 347 g/mol. The van der Waals surface area contributed by atoms with E-state index in [-0.39, 0.29) is 4.90 Å². The Labute approximate surface area is 140 Å². The fourth-order valence-corrected chi connectivity index (χ4v) is 3.47. The molecule has 0 saturated carbocycles. The summed E-state index contributed by atoms with van der Waals surface area (Å²) < 4.78 is 35.9. The molecule has 0 radical (unpaired) electrons. The molecule has 2 N–H and O–H groups in total. The zero-order valence-electron chi connectivity index (χ0n) is 13.2. The quantitative estimate of drug-likeness (QED) is 0.806. The van der Waals surface area contributed by atoms with Crippen molar-refractivity contribution in [2.45, 2.75) is 4.90 Å². The van der Waals surface area contributed by atoms with Gasteiger partial charge in [0.15, 0.2) is 0 Å². The third kappa shape index (κ3) is 3.41. The van der Waals surface area contributed by atoms with E-state index in [1.165, 1.54) is 32.4 Å².